The summed E-state index contributed by atoms with van der Waals surface area (Å²) in [4.78, 5) is 20.2. The molecule has 0 unspecified atom stereocenters. The Morgan fingerprint density at radius 1 is 1.25 bits per heavy atom. The lowest BCUT2D eigenvalue weighted by atomic mass is 9.87. The van der Waals surface area contributed by atoms with Crippen LogP contribution in [0.3, 0.4) is 0 Å². The number of alkyl halides is 2. The molecule has 3 rings (SSSR count). The molecule has 0 spiro atoms. The molecular formula is C19H24F2N6O. The van der Waals surface area contributed by atoms with E-state index in [1.54, 1.807) is 6.07 Å². The molecule has 28 heavy (non-hydrogen) atoms. The first-order chi connectivity index (χ1) is 13.2. The van der Waals surface area contributed by atoms with Gasteiger partial charge in [-0.15, -0.1) is 0 Å². The SMILES string of the molecule is Cc1cc(C)nc(Nc2cc(N[C@H]3[C@@H](N)CCCC3(F)F)ncc2C(N)=O)c1. The summed E-state index contributed by atoms with van der Waals surface area (Å²) in [5.41, 5.74) is 13.6. The number of nitrogens with two attached hydrogens (primary N) is 2. The van der Waals surface area contributed by atoms with Crippen molar-refractivity contribution in [3.05, 3.63) is 41.2 Å². The number of carbonyl (C=O) groups is 1. The predicted octanol–water partition coefficient (Wildman–Crippen LogP) is 2.86. The van der Waals surface area contributed by atoms with Gasteiger partial charge in [-0.05, 0) is 44.4 Å². The third-order valence-corrected chi connectivity index (χ3v) is 4.76. The summed E-state index contributed by atoms with van der Waals surface area (Å²) in [5.74, 6) is -2.94. The summed E-state index contributed by atoms with van der Waals surface area (Å²) in [7, 11) is 0. The van der Waals surface area contributed by atoms with Crippen molar-refractivity contribution in [2.24, 2.45) is 11.5 Å². The van der Waals surface area contributed by atoms with E-state index in [1.807, 2.05) is 19.9 Å². The van der Waals surface area contributed by atoms with Crippen molar-refractivity contribution >= 4 is 23.2 Å². The van der Waals surface area contributed by atoms with E-state index in [0.717, 1.165) is 11.3 Å². The Bertz CT molecular complexity index is 868. The number of halogens is 2. The lowest BCUT2D eigenvalue weighted by Crippen LogP contribution is -2.55. The van der Waals surface area contributed by atoms with Gasteiger partial charge in [0.25, 0.3) is 11.8 Å². The number of primary amides is 1. The molecular weight excluding hydrogens is 366 g/mol. The van der Waals surface area contributed by atoms with Crippen LogP contribution in [0.25, 0.3) is 0 Å². The Labute approximate surface area is 161 Å². The van der Waals surface area contributed by atoms with E-state index in [4.69, 9.17) is 11.5 Å². The molecule has 7 nitrogen and oxygen atoms in total. The zero-order chi connectivity index (χ0) is 20.5. The molecule has 0 radical (unpaired) electrons. The largest absolute Gasteiger partial charge is 0.365 e. The fraction of sp³-hybridized carbons (Fsp3) is 0.421. The van der Waals surface area contributed by atoms with E-state index in [2.05, 4.69) is 20.6 Å². The number of carbonyl (C=O) groups excluding carboxylic acids is 1. The highest BCUT2D eigenvalue weighted by Crippen LogP contribution is 2.35. The molecule has 1 saturated carbocycles. The number of aryl methyl sites for hydroxylation is 2. The summed E-state index contributed by atoms with van der Waals surface area (Å²) < 4.78 is 28.6. The Morgan fingerprint density at radius 2 is 2.00 bits per heavy atom. The van der Waals surface area contributed by atoms with Crippen LogP contribution in [0.1, 0.15) is 40.9 Å². The van der Waals surface area contributed by atoms with Crippen molar-refractivity contribution < 1.29 is 13.6 Å². The first kappa shape index (κ1) is 19.9. The number of hydrogen-bond donors (Lipinski definition) is 4. The maximum atomic E-state index is 14.3. The van der Waals surface area contributed by atoms with Crippen LogP contribution in [0.5, 0.6) is 0 Å². The fourth-order valence-electron chi connectivity index (χ4n) is 3.46. The number of nitrogens with one attached hydrogen (secondary N) is 2. The first-order valence-corrected chi connectivity index (χ1v) is 9.08. The van der Waals surface area contributed by atoms with Crippen LogP contribution < -0.4 is 22.1 Å². The molecule has 1 aliphatic carbocycles. The van der Waals surface area contributed by atoms with Crippen molar-refractivity contribution in [3.63, 3.8) is 0 Å². The van der Waals surface area contributed by atoms with Crippen LogP contribution >= 0.6 is 0 Å². The van der Waals surface area contributed by atoms with E-state index in [1.165, 1.54) is 12.3 Å². The monoisotopic (exact) mass is 390 g/mol. The molecule has 2 heterocycles. The first-order valence-electron chi connectivity index (χ1n) is 9.08. The van der Waals surface area contributed by atoms with Crippen LogP contribution in [0, 0.1) is 13.8 Å². The highest BCUT2D eigenvalue weighted by atomic mass is 19.3. The van der Waals surface area contributed by atoms with Gasteiger partial charge in [0.2, 0.25) is 0 Å². The van der Waals surface area contributed by atoms with Gasteiger partial charge in [0.15, 0.2) is 0 Å². The molecule has 2 aromatic rings. The summed E-state index contributed by atoms with van der Waals surface area (Å²) >= 11 is 0. The maximum absolute atomic E-state index is 14.3. The van der Waals surface area contributed by atoms with Gasteiger partial charge in [0.05, 0.1) is 11.3 Å². The number of rotatable bonds is 5. The van der Waals surface area contributed by atoms with E-state index in [9.17, 15) is 13.6 Å². The van der Waals surface area contributed by atoms with Crippen LogP contribution in [0.15, 0.2) is 24.4 Å². The second kappa shape index (κ2) is 7.67. The lowest BCUT2D eigenvalue weighted by Gasteiger charge is -2.36. The van der Waals surface area contributed by atoms with E-state index >= 15 is 0 Å². The van der Waals surface area contributed by atoms with Crippen molar-refractivity contribution in [2.45, 2.75) is 51.1 Å². The summed E-state index contributed by atoms with van der Waals surface area (Å²) in [6.45, 7) is 3.76. The molecule has 0 aliphatic heterocycles. The minimum absolute atomic E-state index is 0.131. The fourth-order valence-corrected chi connectivity index (χ4v) is 3.46. The highest BCUT2D eigenvalue weighted by molar-refractivity contribution is 5.99. The van der Waals surface area contributed by atoms with Crippen LogP contribution in [-0.4, -0.2) is 33.9 Å². The van der Waals surface area contributed by atoms with Crippen molar-refractivity contribution in [1.82, 2.24) is 9.97 Å². The standard InChI is InChI=1S/C19H24F2N6O/c1-10-6-11(2)25-16(7-10)26-14-8-15(24-9-12(14)18(23)28)27-17-13(22)4-3-5-19(17,20)21/h6-9,13,17H,3-5,22H2,1-2H3,(H2,23,28)(H2,24,25,26,27)/t13-,17-/m0/s1. The molecule has 2 atom stereocenters. The zero-order valence-corrected chi connectivity index (χ0v) is 15.8. The zero-order valence-electron chi connectivity index (χ0n) is 15.8. The van der Waals surface area contributed by atoms with Crippen LogP contribution in [0.2, 0.25) is 0 Å². The Hall–Kier alpha value is -2.81. The second-order valence-electron chi connectivity index (χ2n) is 7.21. The van der Waals surface area contributed by atoms with Gasteiger partial charge in [-0.2, -0.15) is 0 Å². The number of amides is 1. The second-order valence-corrected chi connectivity index (χ2v) is 7.21. The summed E-state index contributed by atoms with van der Waals surface area (Å²) in [6.07, 6.45) is 1.91. The molecule has 0 bridgehead atoms. The third kappa shape index (κ3) is 4.36. The molecule has 2 aromatic heterocycles. The van der Waals surface area contributed by atoms with E-state index in [0.29, 0.717) is 24.3 Å². The average molecular weight is 390 g/mol. The quantitative estimate of drug-likeness (QED) is 0.623. The number of nitrogens with zero attached hydrogens (tertiary/aromatic N) is 2. The average Bonchev–Trinajstić information content (AvgIpc) is 2.57. The van der Waals surface area contributed by atoms with Gasteiger partial charge < -0.3 is 22.1 Å². The van der Waals surface area contributed by atoms with Crippen molar-refractivity contribution in [2.75, 3.05) is 10.6 Å². The molecule has 1 aliphatic rings. The molecule has 6 N–H and O–H groups in total. The molecule has 1 fully saturated rings. The Balaban J connectivity index is 1.92. The summed E-state index contributed by atoms with van der Waals surface area (Å²) in [5, 5.41) is 5.77. The summed E-state index contributed by atoms with van der Waals surface area (Å²) in [6, 6.07) is 3.25. The van der Waals surface area contributed by atoms with E-state index < -0.39 is 23.9 Å². The number of anilines is 3. The molecule has 150 valence electrons. The topological polar surface area (TPSA) is 119 Å². The molecule has 9 heteroatoms. The van der Waals surface area contributed by atoms with Gasteiger partial charge >= 0.3 is 0 Å². The molecule has 1 amide bonds. The minimum Gasteiger partial charge on any atom is -0.365 e. The molecule has 0 aromatic carbocycles. The number of pyridine rings is 2. The Morgan fingerprint density at radius 3 is 2.64 bits per heavy atom. The number of aromatic nitrogens is 2. The predicted molar refractivity (Wildman–Crippen MR) is 104 cm³/mol. The third-order valence-electron chi connectivity index (χ3n) is 4.76. The van der Waals surface area contributed by atoms with Gasteiger partial charge in [-0.1, -0.05) is 0 Å². The smallest absolute Gasteiger partial charge is 0.269 e. The normalized spacial score (nSPS) is 21.2. The van der Waals surface area contributed by atoms with Crippen LogP contribution in [0.4, 0.5) is 26.1 Å². The van der Waals surface area contributed by atoms with Gasteiger partial charge in [0.1, 0.15) is 17.7 Å². The van der Waals surface area contributed by atoms with Crippen molar-refractivity contribution in [1.29, 1.82) is 0 Å². The van der Waals surface area contributed by atoms with Crippen molar-refractivity contribution in [3.8, 4) is 0 Å². The highest BCUT2D eigenvalue weighted by Gasteiger charge is 2.45. The number of hydrogen-bond acceptors (Lipinski definition) is 6. The van der Waals surface area contributed by atoms with E-state index in [-0.39, 0.29) is 17.8 Å². The van der Waals surface area contributed by atoms with Gasteiger partial charge in [-0.25, -0.2) is 18.7 Å². The minimum atomic E-state index is -2.94. The lowest BCUT2D eigenvalue weighted by molar-refractivity contribution is -0.0511. The molecule has 0 saturated heterocycles. The van der Waals surface area contributed by atoms with Gasteiger partial charge in [-0.3, -0.25) is 4.79 Å². The Kier molecular flexibility index (Phi) is 5.46. The van der Waals surface area contributed by atoms with Crippen LogP contribution in [-0.2, 0) is 0 Å². The maximum Gasteiger partial charge on any atom is 0.269 e. The van der Waals surface area contributed by atoms with Gasteiger partial charge in [0, 0.05) is 30.4 Å².